The highest BCUT2D eigenvalue weighted by molar-refractivity contribution is 6.31. The van der Waals surface area contributed by atoms with E-state index in [2.05, 4.69) is 44.1 Å². The zero-order valence-corrected chi connectivity index (χ0v) is 22.4. The van der Waals surface area contributed by atoms with Crippen molar-refractivity contribution >= 4 is 33.9 Å². The molecule has 0 amide bonds. The van der Waals surface area contributed by atoms with Crippen LogP contribution < -0.4 is 10.7 Å². The third kappa shape index (κ3) is 6.93. The molecule has 0 unspecified atom stereocenters. The van der Waals surface area contributed by atoms with Gasteiger partial charge in [0.05, 0.1) is 28.2 Å². The number of fused-ring (bicyclic) bond motifs is 1. The molecule has 2 fully saturated rings. The minimum atomic E-state index is 0.613. The van der Waals surface area contributed by atoms with Gasteiger partial charge >= 0.3 is 0 Å². The molecular weight excluding hydrogens is 480 g/mol. The van der Waals surface area contributed by atoms with Gasteiger partial charge in [0.15, 0.2) is 0 Å². The number of nitriles is 1. The number of hydrogen-bond acceptors (Lipinski definition) is 5. The SMILES string of the molecule is N#Cc1cc(/N=c2\ccn(CCN3CCCCC3)c3cc(Cl)ccc23)cc(NCCN2CCCCC2)c1. The first-order chi connectivity index (χ1) is 18.2. The maximum Gasteiger partial charge on any atom is 0.0993 e. The Kier molecular flexibility index (Phi) is 8.78. The zero-order valence-electron chi connectivity index (χ0n) is 21.6. The number of pyridine rings is 1. The summed E-state index contributed by atoms with van der Waals surface area (Å²) < 4.78 is 2.29. The monoisotopic (exact) mass is 516 g/mol. The number of anilines is 1. The largest absolute Gasteiger partial charge is 0.384 e. The smallest absolute Gasteiger partial charge is 0.0993 e. The highest BCUT2D eigenvalue weighted by Gasteiger charge is 2.12. The van der Waals surface area contributed by atoms with Gasteiger partial charge in [0, 0.05) is 48.5 Å². The summed E-state index contributed by atoms with van der Waals surface area (Å²) in [6.07, 6.45) is 9.99. The molecule has 37 heavy (non-hydrogen) atoms. The van der Waals surface area contributed by atoms with Crippen molar-refractivity contribution in [1.82, 2.24) is 14.4 Å². The van der Waals surface area contributed by atoms with E-state index in [1.54, 1.807) is 0 Å². The normalized spacial score (nSPS) is 17.7. The van der Waals surface area contributed by atoms with E-state index in [0.29, 0.717) is 5.56 Å². The molecule has 0 aliphatic carbocycles. The highest BCUT2D eigenvalue weighted by atomic mass is 35.5. The minimum Gasteiger partial charge on any atom is -0.384 e. The molecule has 5 rings (SSSR count). The summed E-state index contributed by atoms with van der Waals surface area (Å²) in [4.78, 5) is 10.1. The van der Waals surface area contributed by atoms with Crippen LogP contribution in [0.25, 0.3) is 10.9 Å². The van der Waals surface area contributed by atoms with Gasteiger partial charge in [-0.2, -0.15) is 5.26 Å². The molecule has 2 aromatic carbocycles. The van der Waals surface area contributed by atoms with Gasteiger partial charge in [0.2, 0.25) is 0 Å². The number of likely N-dealkylation sites (tertiary alicyclic amines) is 2. The summed E-state index contributed by atoms with van der Waals surface area (Å²) in [5, 5.41) is 15.8. The van der Waals surface area contributed by atoms with Crippen LogP contribution in [0, 0.1) is 11.3 Å². The molecular formula is C30H37ClN6. The number of piperidine rings is 2. The summed E-state index contributed by atoms with van der Waals surface area (Å²) >= 11 is 6.41. The van der Waals surface area contributed by atoms with Crippen molar-refractivity contribution in [1.29, 1.82) is 5.26 Å². The lowest BCUT2D eigenvalue weighted by Gasteiger charge is -2.27. The lowest BCUT2D eigenvalue weighted by Crippen LogP contribution is -2.33. The summed E-state index contributed by atoms with van der Waals surface area (Å²) in [6.45, 7) is 8.59. The average molecular weight is 517 g/mol. The van der Waals surface area contributed by atoms with Gasteiger partial charge in [0.25, 0.3) is 0 Å². The Hall–Kier alpha value is -2.85. The Morgan fingerprint density at radius 1 is 0.838 bits per heavy atom. The highest BCUT2D eigenvalue weighted by Crippen LogP contribution is 2.23. The van der Waals surface area contributed by atoms with Gasteiger partial charge in [0.1, 0.15) is 0 Å². The van der Waals surface area contributed by atoms with E-state index in [1.165, 1.54) is 64.7 Å². The van der Waals surface area contributed by atoms with Crippen LogP contribution in [0.15, 0.2) is 53.7 Å². The Balaban J connectivity index is 1.38. The van der Waals surface area contributed by atoms with Crippen molar-refractivity contribution in [3.05, 3.63) is 64.6 Å². The first kappa shape index (κ1) is 25.8. The van der Waals surface area contributed by atoms with Crippen LogP contribution in [0.2, 0.25) is 5.02 Å². The van der Waals surface area contributed by atoms with Gasteiger partial charge in [-0.25, -0.2) is 4.99 Å². The molecule has 0 radical (unpaired) electrons. The molecule has 7 heteroatoms. The van der Waals surface area contributed by atoms with Crippen LogP contribution in [-0.2, 0) is 6.54 Å². The molecule has 2 aliphatic heterocycles. The van der Waals surface area contributed by atoms with Crippen molar-refractivity contribution in [2.45, 2.75) is 45.1 Å². The molecule has 1 N–H and O–H groups in total. The molecule has 0 atom stereocenters. The van der Waals surface area contributed by atoms with E-state index >= 15 is 0 Å². The van der Waals surface area contributed by atoms with Crippen molar-refractivity contribution in [3.8, 4) is 6.07 Å². The van der Waals surface area contributed by atoms with E-state index in [1.807, 2.05) is 30.3 Å². The second kappa shape index (κ2) is 12.6. The minimum absolute atomic E-state index is 0.613. The number of nitrogens with one attached hydrogen (secondary N) is 1. The van der Waals surface area contributed by atoms with Crippen molar-refractivity contribution in [2.75, 3.05) is 51.1 Å². The number of halogens is 1. The summed E-state index contributed by atoms with van der Waals surface area (Å²) in [6, 6.07) is 16.2. The third-order valence-electron chi connectivity index (χ3n) is 7.57. The molecule has 6 nitrogen and oxygen atoms in total. The van der Waals surface area contributed by atoms with Gasteiger partial charge in [-0.15, -0.1) is 0 Å². The topological polar surface area (TPSA) is 59.6 Å². The second-order valence-corrected chi connectivity index (χ2v) is 10.7. The molecule has 0 bridgehead atoms. The average Bonchev–Trinajstić information content (AvgIpc) is 2.93. The van der Waals surface area contributed by atoms with Crippen molar-refractivity contribution in [2.24, 2.45) is 4.99 Å². The molecule has 2 saturated heterocycles. The van der Waals surface area contributed by atoms with E-state index in [-0.39, 0.29) is 0 Å². The van der Waals surface area contributed by atoms with Crippen LogP contribution in [0.3, 0.4) is 0 Å². The van der Waals surface area contributed by atoms with Gasteiger partial charge in [-0.1, -0.05) is 24.4 Å². The molecule has 194 valence electrons. The van der Waals surface area contributed by atoms with Crippen LogP contribution in [-0.4, -0.2) is 60.2 Å². The predicted octanol–water partition coefficient (Wildman–Crippen LogP) is 5.78. The predicted molar refractivity (Wildman–Crippen MR) is 152 cm³/mol. The fourth-order valence-electron chi connectivity index (χ4n) is 5.54. The molecule has 3 heterocycles. The fraction of sp³-hybridized carbons (Fsp3) is 0.467. The van der Waals surface area contributed by atoms with Crippen LogP contribution in [0.4, 0.5) is 11.4 Å². The van der Waals surface area contributed by atoms with Crippen molar-refractivity contribution in [3.63, 3.8) is 0 Å². The maximum absolute atomic E-state index is 9.64. The van der Waals surface area contributed by atoms with Gasteiger partial charge < -0.3 is 19.7 Å². The molecule has 0 saturated carbocycles. The lowest BCUT2D eigenvalue weighted by molar-refractivity contribution is 0.221. The standard InChI is InChI=1S/C30H37ClN6/c31-25-7-8-28-29(9-15-37(30(28)21-25)18-17-36-13-5-2-6-14-36)34-27-20-24(23-32)19-26(22-27)33-10-16-35-11-3-1-4-12-35/h7-9,15,19-22,33H,1-6,10-14,16-18H2/b34-29+. The van der Waals surface area contributed by atoms with Crippen LogP contribution >= 0.6 is 11.6 Å². The van der Waals surface area contributed by atoms with E-state index in [9.17, 15) is 5.26 Å². The number of benzene rings is 2. The lowest BCUT2D eigenvalue weighted by atomic mass is 10.1. The Bertz CT molecular complexity index is 1310. The number of rotatable bonds is 8. The van der Waals surface area contributed by atoms with E-state index < -0.39 is 0 Å². The Morgan fingerprint density at radius 2 is 1.57 bits per heavy atom. The Labute approximate surface area is 225 Å². The molecule has 2 aliphatic rings. The molecule has 0 spiro atoms. The fourth-order valence-corrected chi connectivity index (χ4v) is 5.70. The van der Waals surface area contributed by atoms with Crippen molar-refractivity contribution < 1.29 is 0 Å². The van der Waals surface area contributed by atoms with Gasteiger partial charge in [-0.05, 0) is 94.3 Å². The Morgan fingerprint density at radius 3 is 2.30 bits per heavy atom. The first-order valence-corrected chi connectivity index (χ1v) is 14.1. The number of hydrogen-bond donors (Lipinski definition) is 1. The maximum atomic E-state index is 9.64. The number of aromatic nitrogens is 1. The second-order valence-electron chi connectivity index (χ2n) is 10.3. The van der Waals surface area contributed by atoms with Crippen LogP contribution in [0.1, 0.15) is 44.1 Å². The molecule has 1 aromatic heterocycles. The summed E-state index contributed by atoms with van der Waals surface area (Å²) in [7, 11) is 0. The zero-order chi connectivity index (χ0) is 25.5. The van der Waals surface area contributed by atoms with E-state index in [0.717, 1.165) is 58.8 Å². The number of nitrogens with zero attached hydrogens (tertiary/aromatic N) is 5. The van der Waals surface area contributed by atoms with Crippen LogP contribution in [0.5, 0.6) is 0 Å². The summed E-state index contributed by atoms with van der Waals surface area (Å²) in [5.41, 5.74) is 3.42. The van der Waals surface area contributed by atoms with Gasteiger partial charge in [-0.3, -0.25) is 0 Å². The molecule has 3 aromatic rings. The summed E-state index contributed by atoms with van der Waals surface area (Å²) in [5.74, 6) is 0. The third-order valence-corrected chi connectivity index (χ3v) is 7.80. The first-order valence-electron chi connectivity index (χ1n) is 13.8. The van der Waals surface area contributed by atoms with E-state index in [4.69, 9.17) is 16.6 Å². The quantitative estimate of drug-likeness (QED) is 0.412.